The van der Waals surface area contributed by atoms with E-state index in [0.717, 1.165) is 6.42 Å². The third-order valence-electron chi connectivity index (χ3n) is 1.07. The van der Waals surface area contributed by atoms with Gasteiger partial charge in [0.15, 0.2) is 0 Å². The second-order valence-corrected chi connectivity index (χ2v) is 3.59. The van der Waals surface area contributed by atoms with Crippen LogP contribution in [0.1, 0.15) is 6.42 Å². The predicted octanol–water partition coefficient (Wildman–Crippen LogP) is 1.53. The van der Waals surface area contributed by atoms with Gasteiger partial charge in [-0.15, -0.1) is 23.4 Å². The molecule has 0 aromatic carbocycles. The quantitative estimate of drug-likeness (QED) is 0.573. The van der Waals surface area contributed by atoms with Crippen LogP contribution in [0.3, 0.4) is 0 Å². The SMILES string of the molecule is NCC1=CSC(Cl)C1. The van der Waals surface area contributed by atoms with Gasteiger partial charge in [-0.05, 0) is 17.4 Å². The number of thioether (sulfide) groups is 1. The van der Waals surface area contributed by atoms with Crippen molar-refractivity contribution in [2.24, 2.45) is 5.73 Å². The lowest BCUT2D eigenvalue weighted by Crippen LogP contribution is -2.01. The molecule has 1 nitrogen and oxygen atoms in total. The van der Waals surface area contributed by atoms with Crippen molar-refractivity contribution in [1.82, 2.24) is 0 Å². The van der Waals surface area contributed by atoms with Crippen LogP contribution in [0.5, 0.6) is 0 Å². The van der Waals surface area contributed by atoms with Crippen molar-refractivity contribution < 1.29 is 0 Å². The molecule has 8 heavy (non-hydrogen) atoms. The third kappa shape index (κ3) is 1.41. The highest BCUT2D eigenvalue weighted by Gasteiger charge is 2.12. The molecule has 0 bridgehead atoms. The Hall–Kier alpha value is 0.340. The first-order valence-corrected chi connectivity index (χ1v) is 3.88. The summed E-state index contributed by atoms with van der Waals surface area (Å²) in [6.45, 7) is 0.663. The molecule has 1 aliphatic heterocycles. The molecular weight excluding hydrogens is 142 g/mol. The van der Waals surface area contributed by atoms with E-state index >= 15 is 0 Å². The van der Waals surface area contributed by atoms with Crippen molar-refractivity contribution in [3.05, 3.63) is 11.0 Å². The van der Waals surface area contributed by atoms with Gasteiger partial charge in [0.1, 0.15) is 0 Å². The molecule has 0 spiro atoms. The van der Waals surface area contributed by atoms with E-state index in [-0.39, 0.29) is 4.71 Å². The van der Waals surface area contributed by atoms with Crippen LogP contribution in [0.25, 0.3) is 0 Å². The molecule has 46 valence electrons. The van der Waals surface area contributed by atoms with E-state index in [2.05, 4.69) is 5.41 Å². The topological polar surface area (TPSA) is 26.0 Å². The number of hydrogen-bond donors (Lipinski definition) is 1. The maximum absolute atomic E-state index is 5.74. The van der Waals surface area contributed by atoms with Gasteiger partial charge < -0.3 is 5.73 Å². The molecule has 1 rings (SSSR count). The van der Waals surface area contributed by atoms with E-state index in [1.54, 1.807) is 11.8 Å². The second kappa shape index (κ2) is 2.76. The smallest absolute Gasteiger partial charge is 0.0867 e. The molecule has 0 aliphatic carbocycles. The van der Waals surface area contributed by atoms with Crippen LogP contribution in [0.4, 0.5) is 0 Å². The largest absolute Gasteiger partial charge is 0.327 e. The van der Waals surface area contributed by atoms with Gasteiger partial charge in [-0.2, -0.15) is 0 Å². The maximum atomic E-state index is 5.74. The van der Waals surface area contributed by atoms with Gasteiger partial charge >= 0.3 is 0 Å². The molecule has 2 N–H and O–H groups in total. The second-order valence-electron chi connectivity index (χ2n) is 1.73. The molecular formula is C5H8ClNS. The minimum atomic E-state index is 0.244. The number of rotatable bonds is 1. The zero-order valence-electron chi connectivity index (χ0n) is 4.43. The number of nitrogens with two attached hydrogens (primary N) is 1. The van der Waals surface area contributed by atoms with Gasteiger partial charge in [-0.3, -0.25) is 0 Å². The summed E-state index contributed by atoms with van der Waals surface area (Å²) in [6.07, 6.45) is 0.961. The molecule has 0 radical (unpaired) electrons. The molecule has 1 unspecified atom stereocenters. The highest BCUT2D eigenvalue weighted by Crippen LogP contribution is 2.31. The van der Waals surface area contributed by atoms with Crippen LogP contribution >= 0.6 is 23.4 Å². The Bertz CT molecular complexity index is 113. The Morgan fingerprint density at radius 2 is 2.75 bits per heavy atom. The van der Waals surface area contributed by atoms with Gasteiger partial charge in [0.25, 0.3) is 0 Å². The van der Waals surface area contributed by atoms with Gasteiger partial charge in [0, 0.05) is 6.54 Å². The summed E-state index contributed by atoms with van der Waals surface area (Å²) in [6, 6.07) is 0. The van der Waals surface area contributed by atoms with E-state index < -0.39 is 0 Å². The number of hydrogen-bond acceptors (Lipinski definition) is 2. The van der Waals surface area contributed by atoms with Gasteiger partial charge in [0.2, 0.25) is 0 Å². The minimum absolute atomic E-state index is 0.244. The van der Waals surface area contributed by atoms with E-state index in [1.165, 1.54) is 5.57 Å². The fourth-order valence-electron chi connectivity index (χ4n) is 0.604. The Kier molecular flexibility index (Phi) is 2.23. The fourth-order valence-corrected chi connectivity index (χ4v) is 1.80. The molecule has 0 amide bonds. The number of halogens is 1. The summed E-state index contributed by atoms with van der Waals surface area (Å²) in [5, 5.41) is 2.05. The first-order valence-electron chi connectivity index (χ1n) is 2.50. The van der Waals surface area contributed by atoms with E-state index in [4.69, 9.17) is 17.3 Å². The average molecular weight is 150 g/mol. The molecule has 0 aromatic heterocycles. The van der Waals surface area contributed by atoms with E-state index in [1.807, 2.05) is 0 Å². The lowest BCUT2D eigenvalue weighted by Gasteiger charge is -1.94. The van der Waals surface area contributed by atoms with Crippen molar-refractivity contribution in [2.75, 3.05) is 6.54 Å². The zero-order valence-corrected chi connectivity index (χ0v) is 6.00. The molecule has 1 aliphatic rings. The van der Waals surface area contributed by atoms with E-state index in [9.17, 15) is 0 Å². The molecule has 1 heterocycles. The summed E-state index contributed by atoms with van der Waals surface area (Å²) in [5.41, 5.74) is 6.63. The standard InChI is InChI=1S/C5H8ClNS/c6-5-1-4(2-7)3-8-5/h3,5H,1-2,7H2. The number of alkyl halides is 1. The highest BCUT2D eigenvalue weighted by molar-refractivity contribution is 8.04. The van der Waals surface area contributed by atoms with Crippen molar-refractivity contribution in [2.45, 2.75) is 11.1 Å². The molecule has 0 saturated carbocycles. The Morgan fingerprint density at radius 3 is 3.00 bits per heavy atom. The lowest BCUT2D eigenvalue weighted by atomic mass is 10.2. The van der Waals surface area contributed by atoms with Crippen molar-refractivity contribution in [1.29, 1.82) is 0 Å². The van der Waals surface area contributed by atoms with Crippen molar-refractivity contribution in [3.63, 3.8) is 0 Å². The maximum Gasteiger partial charge on any atom is 0.0867 e. The molecule has 0 aromatic rings. The third-order valence-corrected chi connectivity index (χ3v) is 2.46. The molecule has 3 heteroatoms. The van der Waals surface area contributed by atoms with Crippen molar-refractivity contribution >= 4 is 23.4 Å². The van der Waals surface area contributed by atoms with Crippen LogP contribution in [0.15, 0.2) is 11.0 Å². The van der Waals surface area contributed by atoms with Crippen LogP contribution < -0.4 is 5.73 Å². The summed E-state index contributed by atoms with van der Waals surface area (Å²) >= 11 is 7.39. The fraction of sp³-hybridized carbons (Fsp3) is 0.600. The zero-order chi connectivity index (χ0) is 5.98. The minimum Gasteiger partial charge on any atom is -0.327 e. The lowest BCUT2D eigenvalue weighted by molar-refractivity contribution is 1.01. The summed E-state index contributed by atoms with van der Waals surface area (Å²) in [4.78, 5) is 0. The van der Waals surface area contributed by atoms with Gasteiger partial charge in [0.05, 0.1) is 4.71 Å². The van der Waals surface area contributed by atoms with Gasteiger partial charge in [-0.1, -0.05) is 0 Å². The van der Waals surface area contributed by atoms with Gasteiger partial charge in [-0.25, -0.2) is 0 Å². The Balaban J connectivity index is 2.37. The highest BCUT2D eigenvalue weighted by atomic mass is 35.5. The van der Waals surface area contributed by atoms with Crippen LogP contribution in [0.2, 0.25) is 0 Å². The van der Waals surface area contributed by atoms with Crippen LogP contribution in [-0.2, 0) is 0 Å². The predicted molar refractivity (Wildman–Crippen MR) is 39.0 cm³/mol. The first kappa shape index (κ1) is 6.46. The van der Waals surface area contributed by atoms with E-state index in [0.29, 0.717) is 6.54 Å². The van der Waals surface area contributed by atoms with Crippen LogP contribution in [0, 0.1) is 0 Å². The summed E-state index contributed by atoms with van der Waals surface area (Å²) in [5.74, 6) is 0. The average Bonchev–Trinajstić information content (AvgIpc) is 2.14. The molecule has 0 saturated heterocycles. The monoisotopic (exact) mass is 149 g/mol. The summed E-state index contributed by atoms with van der Waals surface area (Å²) < 4.78 is 0.244. The molecule has 1 atom stereocenters. The summed E-state index contributed by atoms with van der Waals surface area (Å²) in [7, 11) is 0. The normalized spacial score (nSPS) is 28.2. The Morgan fingerprint density at radius 1 is 2.00 bits per heavy atom. The molecule has 0 fully saturated rings. The van der Waals surface area contributed by atoms with Crippen molar-refractivity contribution in [3.8, 4) is 0 Å². The van der Waals surface area contributed by atoms with Crippen LogP contribution in [-0.4, -0.2) is 11.3 Å². The first-order chi connectivity index (χ1) is 3.83. The Labute approximate surface area is 58.3 Å².